The van der Waals surface area contributed by atoms with Crippen LogP contribution in [-0.2, 0) is 4.79 Å². The van der Waals surface area contributed by atoms with E-state index in [1.165, 1.54) is 5.56 Å². The number of rotatable bonds is 4. The molecule has 0 unspecified atom stereocenters. The Morgan fingerprint density at radius 1 is 1.26 bits per heavy atom. The number of nitrogens with one attached hydrogen (secondary N) is 1. The average molecular weight is 261 g/mol. The number of anilines is 1. The summed E-state index contributed by atoms with van der Waals surface area (Å²) < 4.78 is 0. The van der Waals surface area contributed by atoms with Crippen LogP contribution in [-0.4, -0.2) is 55.5 Å². The van der Waals surface area contributed by atoms with Gasteiger partial charge in [0.05, 0.1) is 0 Å². The third-order valence-corrected chi connectivity index (χ3v) is 3.54. The second-order valence-corrected chi connectivity index (χ2v) is 5.23. The summed E-state index contributed by atoms with van der Waals surface area (Å²) in [6.07, 6.45) is 0.567. The van der Waals surface area contributed by atoms with Crippen molar-refractivity contribution < 1.29 is 4.79 Å². The molecule has 1 aliphatic heterocycles. The minimum absolute atomic E-state index is 0.258. The lowest BCUT2D eigenvalue weighted by Crippen LogP contribution is -2.47. The Bertz CT molecular complexity index is 425. The minimum atomic E-state index is 0.258. The molecular formula is C15H23N3O. The molecular weight excluding hydrogens is 238 g/mol. The highest BCUT2D eigenvalue weighted by atomic mass is 16.2. The molecule has 1 aliphatic rings. The molecule has 0 aromatic heterocycles. The molecule has 0 radical (unpaired) electrons. The summed E-state index contributed by atoms with van der Waals surface area (Å²) in [4.78, 5) is 16.3. The van der Waals surface area contributed by atoms with E-state index in [4.69, 9.17) is 0 Å². The first-order chi connectivity index (χ1) is 9.15. The van der Waals surface area contributed by atoms with Crippen molar-refractivity contribution in [2.24, 2.45) is 0 Å². The number of nitrogens with zero attached hydrogens (tertiary/aromatic N) is 2. The van der Waals surface area contributed by atoms with Crippen LogP contribution in [0.1, 0.15) is 12.0 Å². The van der Waals surface area contributed by atoms with Crippen LogP contribution in [0.5, 0.6) is 0 Å². The maximum atomic E-state index is 12.0. The summed E-state index contributed by atoms with van der Waals surface area (Å²) in [7, 11) is 2.10. The highest BCUT2D eigenvalue weighted by Gasteiger charge is 2.18. The lowest BCUT2D eigenvalue weighted by atomic mass is 10.2. The van der Waals surface area contributed by atoms with Crippen molar-refractivity contribution in [2.75, 3.05) is 45.1 Å². The normalized spacial score (nSPS) is 16.4. The smallest absolute Gasteiger partial charge is 0.224 e. The second-order valence-electron chi connectivity index (χ2n) is 5.23. The van der Waals surface area contributed by atoms with E-state index in [1.807, 2.05) is 17.0 Å². The first-order valence-electron chi connectivity index (χ1n) is 6.92. The fourth-order valence-electron chi connectivity index (χ4n) is 2.28. The van der Waals surface area contributed by atoms with Gasteiger partial charge in [0.15, 0.2) is 0 Å². The Hall–Kier alpha value is -1.55. The van der Waals surface area contributed by atoms with Crippen LogP contribution in [0, 0.1) is 6.92 Å². The molecule has 1 aromatic rings. The Morgan fingerprint density at radius 2 is 2.00 bits per heavy atom. The Kier molecular flexibility index (Phi) is 4.80. The molecule has 0 atom stereocenters. The molecule has 19 heavy (non-hydrogen) atoms. The van der Waals surface area contributed by atoms with Crippen LogP contribution in [0.3, 0.4) is 0 Å². The molecule has 4 nitrogen and oxygen atoms in total. The number of piperazine rings is 1. The predicted octanol–water partition coefficient (Wildman–Crippen LogP) is 1.57. The number of hydrogen-bond acceptors (Lipinski definition) is 3. The van der Waals surface area contributed by atoms with E-state index in [1.54, 1.807) is 0 Å². The molecule has 0 aliphatic carbocycles. The summed E-state index contributed by atoms with van der Waals surface area (Å²) in [5, 5.41) is 3.31. The van der Waals surface area contributed by atoms with E-state index in [9.17, 15) is 4.79 Å². The Balaban J connectivity index is 1.72. The summed E-state index contributed by atoms with van der Waals surface area (Å²) in [6, 6.07) is 8.23. The van der Waals surface area contributed by atoms with Gasteiger partial charge in [0, 0.05) is 44.8 Å². The fraction of sp³-hybridized carbons (Fsp3) is 0.533. The van der Waals surface area contributed by atoms with Crippen LogP contribution >= 0.6 is 0 Å². The first-order valence-corrected chi connectivity index (χ1v) is 6.92. The molecule has 2 rings (SSSR count). The maximum Gasteiger partial charge on any atom is 0.224 e. The Morgan fingerprint density at radius 3 is 2.68 bits per heavy atom. The number of benzene rings is 1. The highest BCUT2D eigenvalue weighted by molar-refractivity contribution is 5.76. The van der Waals surface area contributed by atoms with Crippen molar-refractivity contribution in [3.8, 4) is 0 Å². The number of aryl methyl sites for hydroxylation is 1. The van der Waals surface area contributed by atoms with Crippen molar-refractivity contribution in [3.05, 3.63) is 29.8 Å². The van der Waals surface area contributed by atoms with Gasteiger partial charge in [-0.3, -0.25) is 4.79 Å². The molecule has 104 valence electrons. The molecule has 1 N–H and O–H groups in total. The third kappa shape index (κ3) is 4.24. The standard InChI is InChI=1S/C15H23N3O/c1-13-4-3-5-14(12-13)16-7-6-15(19)18-10-8-17(2)9-11-18/h3-5,12,16H,6-11H2,1-2H3. The molecule has 0 spiro atoms. The SMILES string of the molecule is Cc1cccc(NCCC(=O)N2CCN(C)CC2)c1. The van der Waals surface area contributed by atoms with Crippen LogP contribution in [0.4, 0.5) is 5.69 Å². The zero-order valence-corrected chi connectivity index (χ0v) is 11.9. The average Bonchev–Trinajstić information content (AvgIpc) is 2.39. The van der Waals surface area contributed by atoms with Gasteiger partial charge in [-0.05, 0) is 31.7 Å². The van der Waals surface area contributed by atoms with Crippen LogP contribution in [0.15, 0.2) is 24.3 Å². The molecule has 0 saturated carbocycles. The van der Waals surface area contributed by atoms with Crippen LogP contribution in [0.25, 0.3) is 0 Å². The van der Waals surface area contributed by atoms with Crippen molar-refractivity contribution in [1.29, 1.82) is 0 Å². The molecule has 1 amide bonds. The molecule has 1 fully saturated rings. The van der Waals surface area contributed by atoms with E-state index < -0.39 is 0 Å². The lowest BCUT2D eigenvalue weighted by Gasteiger charge is -2.32. The van der Waals surface area contributed by atoms with Gasteiger partial charge in [0.2, 0.25) is 5.91 Å². The van der Waals surface area contributed by atoms with Crippen molar-refractivity contribution in [2.45, 2.75) is 13.3 Å². The van der Waals surface area contributed by atoms with E-state index >= 15 is 0 Å². The highest BCUT2D eigenvalue weighted by Crippen LogP contribution is 2.09. The van der Waals surface area contributed by atoms with Gasteiger partial charge in [0.25, 0.3) is 0 Å². The predicted molar refractivity (Wildman–Crippen MR) is 78.4 cm³/mol. The van der Waals surface area contributed by atoms with Gasteiger partial charge in [-0.25, -0.2) is 0 Å². The summed E-state index contributed by atoms with van der Waals surface area (Å²) in [5.74, 6) is 0.258. The first kappa shape index (κ1) is 13.9. The van der Waals surface area contributed by atoms with Gasteiger partial charge in [0.1, 0.15) is 0 Å². The number of hydrogen-bond donors (Lipinski definition) is 1. The lowest BCUT2D eigenvalue weighted by molar-refractivity contribution is -0.132. The van der Waals surface area contributed by atoms with E-state index in [-0.39, 0.29) is 5.91 Å². The topological polar surface area (TPSA) is 35.6 Å². The minimum Gasteiger partial charge on any atom is -0.385 e. The van der Waals surface area contributed by atoms with Crippen LogP contribution < -0.4 is 5.32 Å². The van der Waals surface area contributed by atoms with Gasteiger partial charge in [-0.15, -0.1) is 0 Å². The number of carbonyl (C=O) groups is 1. The van der Waals surface area contributed by atoms with E-state index in [0.717, 1.165) is 31.9 Å². The molecule has 1 aromatic carbocycles. The monoisotopic (exact) mass is 261 g/mol. The van der Waals surface area contributed by atoms with Crippen molar-refractivity contribution >= 4 is 11.6 Å². The fourth-order valence-corrected chi connectivity index (χ4v) is 2.28. The number of carbonyl (C=O) groups excluding carboxylic acids is 1. The van der Waals surface area contributed by atoms with E-state index in [0.29, 0.717) is 13.0 Å². The van der Waals surface area contributed by atoms with Gasteiger partial charge < -0.3 is 15.1 Å². The second kappa shape index (κ2) is 6.57. The molecule has 1 saturated heterocycles. The quantitative estimate of drug-likeness (QED) is 0.893. The summed E-state index contributed by atoms with van der Waals surface area (Å²) in [5.41, 5.74) is 2.32. The molecule has 1 heterocycles. The molecule has 4 heteroatoms. The maximum absolute atomic E-state index is 12.0. The van der Waals surface area contributed by atoms with Crippen molar-refractivity contribution in [3.63, 3.8) is 0 Å². The van der Waals surface area contributed by atoms with Gasteiger partial charge >= 0.3 is 0 Å². The van der Waals surface area contributed by atoms with Gasteiger partial charge in [-0.1, -0.05) is 12.1 Å². The van der Waals surface area contributed by atoms with Crippen molar-refractivity contribution in [1.82, 2.24) is 9.80 Å². The van der Waals surface area contributed by atoms with Gasteiger partial charge in [-0.2, -0.15) is 0 Å². The number of amides is 1. The van der Waals surface area contributed by atoms with E-state index in [2.05, 4.69) is 36.3 Å². The third-order valence-electron chi connectivity index (χ3n) is 3.54. The molecule has 0 bridgehead atoms. The number of likely N-dealkylation sites (N-methyl/N-ethyl adjacent to an activating group) is 1. The Labute approximate surface area is 115 Å². The van der Waals surface area contributed by atoms with Crippen LogP contribution in [0.2, 0.25) is 0 Å². The summed E-state index contributed by atoms with van der Waals surface area (Å²) >= 11 is 0. The largest absolute Gasteiger partial charge is 0.385 e. The zero-order chi connectivity index (χ0) is 13.7. The zero-order valence-electron chi connectivity index (χ0n) is 11.9. The summed E-state index contributed by atoms with van der Waals surface area (Å²) in [6.45, 7) is 6.46.